The highest BCUT2D eigenvalue weighted by atomic mass is 127. The van der Waals surface area contributed by atoms with Gasteiger partial charge in [-0.15, -0.1) is 0 Å². The minimum absolute atomic E-state index is 0.152. The van der Waals surface area contributed by atoms with Crippen molar-refractivity contribution in [2.75, 3.05) is 0 Å². The standard InChI is InChI=1S/C10H12FIO/c1-6(2)10(13)8-4-3-7(11)5-9(8)12/h3-6,10,13H,1-2H3. The van der Waals surface area contributed by atoms with Crippen molar-refractivity contribution in [3.63, 3.8) is 0 Å². The quantitative estimate of drug-likeness (QED) is 0.831. The largest absolute Gasteiger partial charge is 0.388 e. The van der Waals surface area contributed by atoms with Crippen LogP contribution in [-0.4, -0.2) is 5.11 Å². The molecule has 0 heterocycles. The minimum atomic E-state index is -0.507. The molecule has 13 heavy (non-hydrogen) atoms. The van der Waals surface area contributed by atoms with Crippen LogP contribution in [0.2, 0.25) is 0 Å². The summed E-state index contributed by atoms with van der Waals surface area (Å²) in [7, 11) is 0. The summed E-state index contributed by atoms with van der Waals surface area (Å²) in [5, 5.41) is 9.74. The van der Waals surface area contributed by atoms with E-state index in [1.165, 1.54) is 12.1 Å². The first-order valence-electron chi connectivity index (χ1n) is 4.15. The van der Waals surface area contributed by atoms with Crippen LogP contribution < -0.4 is 0 Å². The van der Waals surface area contributed by atoms with Gasteiger partial charge in [0, 0.05) is 3.57 Å². The lowest BCUT2D eigenvalue weighted by atomic mass is 9.99. The molecule has 0 radical (unpaired) electrons. The second-order valence-electron chi connectivity index (χ2n) is 3.35. The van der Waals surface area contributed by atoms with Crippen LogP contribution >= 0.6 is 22.6 Å². The van der Waals surface area contributed by atoms with Gasteiger partial charge in [0.05, 0.1) is 6.10 Å². The number of hydrogen-bond acceptors (Lipinski definition) is 1. The molecule has 0 saturated heterocycles. The highest BCUT2D eigenvalue weighted by molar-refractivity contribution is 14.1. The van der Waals surface area contributed by atoms with Crippen molar-refractivity contribution in [2.45, 2.75) is 20.0 Å². The van der Waals surface area contributed by atoms with E-state index in [0.29, 0.717) is 0 Å². The summed E-state index contributed by atoms with van der Waals surface area (Å²) in [4.78, 5) is 0. The summed E-state index contributed by atoms with van der Waals surface area (Å²) in [5.74, 6) is -0.108. The monoisotopic (exact) mass is 294 g/mol. The highest BCUT2D eigenvalue weighted by Crippen LogP contribution is 2.26. The molecule has 72 valence electrons. The number of aliphatic hydroxyl groups is 1. The molecule has 0 aromatic heterocycles. The Morgan fingerprint density at radius 3 is 2.46 bits per heavy atom. The van der Waals surface area contributed by atoms with Crippen molar-refractivity contribution in [2.24, 2.45) is 5.92 Å². The molecule has 3 heteroatoms. The van der Waals surface area contributed by atoms with E-state index in [1.54, 1.807) is 6.07 Å². The summed E-state index contributed by atoms with van der Waals surface area (Å²) in [6.45, 7) is 3.87. The fourth-order valence-electron chi connectivity index (χ4n) is 1.10. The molecule has 1 N–H and O–H groups in total. The van der Waals surface area contributed by atoms with E-state index in [0.717, 1.165) is 9.13 Å². The van der Waals surface area contributed by atoms with Gasteiger partial charge >= 0.3 is 0 Å². The fourth-order valence-corrected chi connectivity index (χ4v) is 1.90. The molecule has 1 atom stereocenters. The molecule has 0 aliphatic carbocycles. The summed E-state index contributed by atoms with van der Waals surface area (Å²) < 4.78 is 13.5. The number of benzene rings is 1. The number of rotatable bonds is 2. The number of hydrogen-bond donors (Lipinski definition) is 1. The Hall–Kier alpha value is -0.160. The van der Waals surface area contributed by atoms with Crippen molar-refractivity contribution >= 4 is 22.6 Å². The Balaban J connectivity index is 3.01. The molecule has 1 nitrogen and oxygen atoms in total. The van der Waals surface area contributed by atoms with Gasteiger partial charge in [0.2, 0.25) is 0 Å². The van der Waals surface area contributed by atoms with E-state index in [2.05, 4.69) is 0 Å². The zero-order valence-corrected chi connectivity index (χ0v) is 9.75. The van der Waals surface area contributed by atoms with Gasteiger partial charge in [0.1, 0.15) is 5.82 Å². The molecule has 1 unspecified atom stereocenters. The molecule has 0 aliphatic rings. The number of halogens is 2. The lowest BCUT2D eigenvalue weighted by Crippen LogP contribution is -2.07. The first-order chi connectivity index (χ1) is 6.02. The maximum Gasteiger partial charge on any atom is 0.124 e. The Labute approximate surface area is 91.1 Å². The van der Waals surface area contributed by atoms with Gasteiger partial charge < -0.3 is 5.11 Å². The maximum absolute atomic E-state index is 12.7. The molecule has 0 fully saturated rings. The average Bonchev–Trinajstić information content (AvgIpc) is 2.03. The minimum Gasteiger partial charge on any atom is -0.388 e. The molecular formula is C10H12FIO. The van der Waals surface area contributed by atoms with Gasteiger partial charge in [-0.3, -0.25) is 0 Å². The van der Waals surface area contributed by atoms with Gasteiger partial charge in [-0.2, -0.15) is 0 Å². The van der Waals surface area contributed by atoms with E-state index >= 15 is 0 Å². The van der Waals surface area contributed by atoms with E-state index in [9.17, 15) is 9.50 Å². The van der Waals surface area contributed by atoms with Gasteiger partial charge in [-0.25, -0.2) is 4.39 Å². The summed E-state index contributed by atoms with van der Waals surface area (Å²) in [5.41, 5.74) is 0.803. The summed E-state index contributed by atoms with van der Waals surface area (Å²) in [6.07, 6.45) is -0.507. The van der Waals surface area contributed by atoms with Crippen LogP contribution in [-0.2, 0) is 0 Å². The molecule has 0 spiro atoms. The van der Waals surface area contributed by atoms with Crippen molar-refractivity contribution in [3.8, 4) is 0 Å². The summed E-state index contributed by atoms with van der Waals surface area (Å²) >= 11 is 2.03. The molecular weight excluding hydrogens is 282 g/mol. The Morgan fingerprint density at radius 1 is 1.38 bits per heavy atom. The van der Waals surface area contributed by atoms with Gasteiger partial charge in [0.15, 0.2) is 0 Å². The summed E-state index contributed by atoms with van der Waals surface area (Å²) in [6, 6.07) is 4.45. The molecule has 0 saturated carbocycles. The van der Waals surface area contributed by atoms with Crippen LogP contribution in [0.25, 0.3) is 0 Å². The third-order valence-corrected chi connectivity index (χ3v) is 2.85. The molecule has 0 bridgehead atoms. The van der Waals surface area contributed by atoms with Gasteiger partial charge in [-0.1, -0.05) is 19.9 Å². The van der Waals surface area contributed by atoms with Crippen LogP contribution in [0.15, 0.2) is 18.2 Å². The molecule has 1 aromatic rings. The van der Waals surface area contributed by atoms with Crippen molar-refractivity contribution in [1.82, 2.24) is 0 Å². The predicted molar refractivity (Wildman–Crippen MR) is 58.9 cm³/mol. The lowest BCUT2D eigenvalue weighted by molar-refractivity contribution is 0.126. The molecule has 0 aliphatic heterocycles. The second kappa shape index (κ2) is 4.37. The van der Waals surface area contributed by atoms with Crippen LogP contribution in [0.5, 0.6) is 0 Å². The van der Waals surface area contributed by atoms with Crippen LogP contribution in [0.1, 0.15) is 25.5 Å². The normalized spacial score (nSPS) is 13.4. The third kappa shape index (κ3) is 2.64. The molecule has 1 aromatic carbocycles. The van der Waals surface area contributed by atoms with E-state index in [4.69, 9.17) is 0 Å². The Bertz CT molecular complexity index is 299. The second-order valence-corrected chi connectivity index (χ2v) is 4.52. The van der Waals surface area contributed by atoms with Crippen molar-refractivity contribution < 1.29 is 9.50 Å². The smallest absolute Gasteiger partial charge is 0.124 e. The zero-order chi connectivity index (χ0) is 10.0. The van der Waals surface area contributed by atoms with E-state index in [-0.39, 0.29) is 11.7 Å². The third-order valence-electron chi connectivity index (χ3n) is 1.91. The maximum atomic E-state index is 12.7. The first kappa shape index (κ1) is 10.9. The fraction of sp³-hybridized carbons (Fsp3) is 0.400. The zero-order valence-electron chi connectivity index (χ0n) is 7.59. The average molecular weight is 294 g/mol. The lowest BCUT2D eigenvalue weighted by Gasteiger charge is -2.16. The topological polar surface area (TPSA) is 20.2 Å². The molecule has 0 amide bonds. The van der Waals surface area contributed by atoms with Crippen LogP contribution in [0.4, 0.5) is 4.39 Å². The number of aliphatic hydroxyl groups excluding tert-OH is 1. The van der Waals surface area contributed by atoms with Crippen LogP contribution in [0, 0.1) is 15.3 Å². The predicted octanol–water partition coefficient (Wildman–Crippen LogP) is 3.12. The first-order valence-corrected chi connectivity index (χ1v) is 5.23. The Kier molecular flexibility index (Phi) is 3.67. The van der Waals surface area contributed by atoms with Gasteiger partial charge in [0.25, 0.3) is 0 Å². The SMILES string of the molecule is CC(C)C(O)c1ccc(F)cc1I. The Morgan fingerprint density at radius 2 is 2.00 bits per heavy atom. The van der Waals surface area contributed by atoms with E-state index < -0.39 is 6.10 Å². The van der Waals surface area contributed by atoms with Crippen LogP contribution in [0.3, 0.4) is 0 Å². The van der Waals surface area contributed by atoms with E-state index in [1.807, 2.05) is 36.4 Å². The van der Waals surface area contributed by atoms with Crippen molar-refractivity contribution in [3.05, 3.63) is 33.1 Å². The highest BCUT2D eigenvalue weighted by Gasteiger charge is 2.14. The van der Waals surface area contributed by atoms with Crippen molar-refractivity contribution in [1.29, 1.82) is 0 Å². The molecule has 1 rings (SSSR count). The van der Waals surface area contributed by atoms with Gasteiger partial charge in [-0.05, 0) is 46.2 Å².